The van der Waals surface area contributed by atoms with Crippen LogP contribution in [0.15, 0.2) is 10.5 Å². The zero-order valence-corrected chi connectivity index (χ0v) is 8.94. The number of aryl methyl sites for hydroxylation is 1. The van der Waals surface area contributed by atoms with Crippen LogP contribution >= 0.6 is 43.2 Å². The number of rotatable bonds is 1. The molecule has 0 radical (unpaired) electrons. The third-order valence-corrected chi connectivity index (χ3v) is 3.95. The van der Waals surface area contributed by atoms with Crippen molar-refractivity contribution in [1.82, 2.24) is 0 Å². The summed E-state index contributed by atoms with van der Waals surface area (Å²) in [6.45, 7) is 2.11. The maximum atomic E-state index is 3.46. The van der Waals surface area contributed by atoms with Crippen LogP contribution in [0.5, 0.6) is 0 Å². The van der Waals surface area contributed by atoms with Gasteiger partial charge >= 0.3 is 0 Å². The van der Waals surface area contributed by atoms with Crippen LogP contribution in [-0.2, 0) is 5.33 Å². The van der Waals surface area contributed by atoms with E-state index in [4.69, 9.17) is 0 Å². The standard InChI is InChI=1S/C6H6Br2S/c1-4-2-5(8)6(3-7)9-4/h2H,3H2,1H3. The number of halogens is 2. The summed E-state index contributed by atoms with van der Waals surface area (Å²) in [7, 11) is 0. The summed E-state index contributed by atoms with van der Waals surface area (Å²) >= 11 is 8.68. The minimum absolute atomic E-state index is 0.950. The van der Waals surface area contributed by atoms with E-state index in [-0.39, 0.29) is 0 Å². The van der Waals surface area contributed by atoms with Gasteiger partial charge in [0, 0.05) is 19.6 Å². The molecule has 0 aliphatic carbocycles. The molecule has 1 aromatic heterocycles. The van der Waals surface area contributed by atoms with Crippen molar-refractivity contribution in [1.29, 1.82) is 0 Å². The number of thiophene rings is 1. The highest BCUT2D eigenvalue weighted by Gasteiger charge is 2.00. The van der Waals surface area contributed by atoms with Crippen LogP contribution in [-0.4, -0.2) is 0 Å². The van der Waals surface area contributed by atoms with Crippen molar-refractivity contribution in [3.63, 3.8) is 0 Å². The van der Waals surface area contributed by atoms with Gasteiger partial charge in [0.05, 0.1) is 0 Å². The maximum absolute atomic E-state index is 3.46. The van der Waals surface area contributed by atoms with E-state index in [2.05, 4.69) is 44.8 Å². The van der Waals surface area contributed by atoms with E-state index < -0.39 is 0 Å². The van der Waals surface area contributed by atoms with E-state index >= 15 is 0 Å². The van der Waals surface area contributed by atoms with Gasteiger partial charge in [-0.25, -0.2) is 0 Å². The molecule has 3 heteroatoms. The van der Waals surface area contributed by atoms with E-state index in [1.807, 2.05) is 11.3 Å². The monoisotopic (exact) mass is 268 g/mol. The molecule has 9 heavy (non-hydrogen) atoms. The normalized spacial score (nSPS) is 10.1. The molecule has 1 aromatic rings. The van der Waals surface area contributed by atoms with Crippen molar-refractivity contribution < 1.29 is 0 Å². The molecule has 0 nitrogen and oxygen atoms in total. The Balaban J connectivity index is 3.01. The Morgan fingerprint density at radius 1 is 1.67 bits per heavy atom. The summed E-state index contributed by atoms with van der Waals surface area (Å²) in [6, 6.07) is 2.14. The lowest BCUT2D eigenvalue weighted by Gasteiger charge is -1.84. The first kappa shape index (κ1) is 7.76. The Bertz CT molecular complexity index is 205. The molecule has 0 N–H and O–H groups in total. The quantitative estimate of drug-likeness (QED) is 0.682. The van der Waals surface area contributed by atoms with Gasteiger partial charge < -0.3 is 0 Å². The Morgan fingerprint density at radius 3 is 2.56 bits per heavy atom. The second-order valence-corrected chi connectivity index (χ2v) is 4.52. The second kappa shape index (κ2) is 3.17. The summed E-state index contributed by atoms with van der Waals surface area (Å²) in [5, 5.41) is 0.950. The molecule has 0 atom stereocenters. The molecule has 0 bridgehead atoms. The summed E-state index contributed by atoms with van der Waals surface area (Å²) in [5.74, 6) is 0. The largest absolute Gasteiger partial charge is 0.144 e. The molecule has 0 unspecified atom stereocenters. The summed E-state index contributed by atoms with van der Waals surface area (Å²) < 4.78 is 1.22. The molecule has 0 saturated heterocycles. The van der Waals surface area contributed by atoms with Crippen molar-refractivity contribution in [3.05, 3.63) is 20.3 Å². The van der Waals surface area contributed by atoms with Gasteiger partial charge in [0.15, 0.2) is 0 Å². The van der Waals surface area contributed by atoms with Crippen LogP contribution in [0.25, 0.3) is 0 Å². The van der Waals surface area contributed by atoms with Crippen LogP contribution in [0.3, 0.4) is 0 Å². The Hall–Kier alpha value is 0.660. The molecular weight excluding hydrogens is 264 g/mol. The van der Waals surface area contributed by atoms with Crippen LogP contribution in [0.2, 0.25) is 0 Å². The summed E-state index contributed by atoms with van der Waals surface area (Å²) in [5.41, 5.74) is 0. The third kappa shape index (κ3) is 1.79. The molecule has 0 aromatic carbocycles. The lowest BCUT2D eigenvalue weighted by atomic mass is 10.5. The highest BCUT2D eigenvalue weighted by molar-refractivity contribution is 9.10. The van der Waals surface area contributed by atoms with Crippen LogP contribution in [0, 0.1) is 6.92 Å². The fourth-order valence-corrected chi connectivity index (χ4v) is 3.30. The lowest BCUT2D eigenvalue weighted by molar-refractivity contribution is 1.53. The number of hydrogen-bond acceptors (Lipinski definition) is 1. The molecule has 50 valence electrons. The second-order valence-electron chi connectivity index (χ2n) is 1.76. The number of alkyl halides is 1. The van der Waals surface area contributed by atoms with E-state index in [1.165, 1.54) is 14.2 Å². The Kier molecular flexibility index (Phi) is 2.73. The van der Waals surface area contributed by atoms with E-state index in [0.29, 0.717) is 0 Å². The van der Waals surface area contributed by atoms with Crippen molar-refractivity contribution in [2.75, 3.05) is 0 Å². The van der Waals surface area contributed by atoms with Gasteiger partial charge in [0.25, 0.3) is 0 Å². The molecule has 0 aliphatic rings. The van der Waals surface area contributed by atoms with Crippen LogP contribution < -0.4 is 0 Å². The minimum atomic E-state index is 0.950. The maximum Gasteiger partial charge on any atom is 0.0388 e. The Labute approximate surface area is 75.5 Å². The predicted molar refractivity (Wildman–Crippen MR) is 49.4 cm³/mol. The van der Waals surface area contributed by atoms with Crippen molar-refractivity contribution >= 4 is 43.2 Å². The summed E-state index contributed by atoms with van der Waals surface area (Å²) in [4.78, 5) is 2.73. The molecule has 1 heterocycles. The van der Waals surface area contributed by atoms with Gasteiger partial charge in [0.2, 0.25) is 0 Å². The predicted octanol–water partition coefficient (Wildman–Crippen LogP) is 3.71. The molecule has 1 rings (SSSR count). The average Bonchev–Trinajstić information content (AvgIpc) is 2.10. The van der Waals surface area contributed by atoms with Gasteiger partial charge in [-0.1, -0.05) is 15.9 Å². The van der Waals surface area contributed by atoms with Gasteiger partial charge in [-0.15, -0.1) is 11.3 Å². The molecule has 0 spiro atoms. The first-order valence-electron chi connectivity index (χ1n) is 2.55. The Morgan fingerprint density at radius 2 is 2.33 bits per heavy atom. The molecular formula is C6H6Br2S. The van der Waals surface area contributed by atoms with Crippen LogP contribution in [0.4, 0.5) is 0 Å². The molecule has 0 fully saturated rings. The van der Waals surface area contributed by atoms with Crippen molar-refractivity contribution in [2.45, 2.75) is 12.3 Å². The fourth-order valence-electron chi connectivity index (χ4n) is 0.623. The first-order chi connectivity index (χ1) is 4.24. The zero-order chi connectivity index (χ0) is 6.85. The molecule has 0 aliphatic heterocycles. The first-order valence-corrected chi connectivity index (χ1v) is 5.28. The lowest BCUT2D eigenvalue weighted by Crippen LogP contribution is -1.63. The van der Waals surface area contributed by atoms with Gasteiger partial charge in [-0.3, -0.25) is 0 Å². The van der Waals surface area contributed by atoms with Gasteiger partial charge in [-0.2, -0.15) is 0 Å². The van der Waals surface area contributed by atoms with Crippen LogP contribution in [0.1, 0.15) is 9.75 Å². The number of hydrogen-bond donors (Lipinski definition) is 0. The van der Waals surface area contributed by atoms with E-state index in [9.17, 15) is 0 Å². The molecule has 0 saturated carbocycles. The van der Waals surface area contributed by atoms with Gasteiger partial charge in [-0.05, 0) is 28.9 Å². The van der Waals surface area contributed by atoms with E-state index in [1.54, 1.807) is 0 Å². The summed E-state index contributed by atoms with van der Waals surface area (Å²) in [6.07, 6.45) is 0. The highest BCUT2D eigenvalue weighted by atomic mass is 79.9. The highest BCUT2D eigenvalue weighted by Crippen LogP contribution is 2.28. The van der Waals surface area contributed by atoms with E-state index in [0.717, 1.165) is 5.33 Å². The SMILES string of the molecule is Cc1cc(Br)c(CBr)s1. The van der Waals surface area contributed by atoms with Gasteiger partial charge in [0.1, 0.15) is 0 Å². The minimum Gasteiger partial charge on any atom is -0.144 e. The average molecular weight is 270 g/mol. The smallest absolute Gasteiger partial charge is 0.0388 e. The fraction of sp³-hybridized carbons (Fsp3) is 0.333. The van der Waals surface area contributed by atoms with Crippen molar-refractivity contribution in [3.8, 4) is 0 Å². The third-order valence-electron chi connectivity index (χ3n) is 1.00. The molecule has 0 amide bonds. The van der Waals surface area contributed by atoms with Crippen molar-refractivity contribution in [2.24, 2.45) is 0 Å². The zero-order valence-electron chi connectivity index (χ0n) is 4.95. The topological polar surface area (TPSA) is 0 Å².